The van der Waals surface area contributed by atoms with Gasteiger partial charge in [0.1, 0.15) is 0 Å². The fourth-order valence-electron chi connectivity index (χ4n) is 2.30. The Kier molecular flexibility index (Phi) is 3.70. The van der Waals surface area contributed by atoms with Crippen molar-refractivity contribution < 1.29 is 9.90 Å². The number of benzene rings is 1. The number of aromatic carboxylic acids is 1. The van der Waals surface area contributed by atoms with Crippen LogP contribution in [-0.4, -0.2) is 15.6 Å². The molecule has 0 fully saturated rings. The zero-order valence-corrected chi connectivity index (χ0v) is 10.9. The molecule has 0 bridgehead atoms. The molecule has 18 heavy (non-hydrogen) atoms. The minimum Gasteiger partial charge on any atom is -0.478 e. The highest BCUT2D eigenvalue weighted by atomic mass is 16.4. The largest absolute Gasteiger partial charge is 0.478 e. The molecule has 0 spiro atoms. The molecule has 0 aliphatic rings. The van der Waals surface area contributed by atoms with Crippen LogP contribution in [0, 0.1) is 0 Å². The summed E-state index contributed by atoms with van der Waals surface area (Å²) in [5.41, 5.74) is 2.69. The SMILES string of the molecule is CCCCn1cc(CC)c2ccc(C(=O)O)cc21. The van der Waals surface area contributed by atoms with Crippen LogP contribution < -0.4 is 0 Å². The average Bonchev–Trinajstić information content (AvgIpc) is 2.73. The maximum absolute atomic E-state index is 11.0. The first-order valence-corrected chi connectivity index (χ1v) is 6.52. The van der Waals surface area contributed by atoms with E-state index < -0.39 is 5.97 Å². The Morgan fingerprint density at radius 1 is 1.33 bits per heavy atom. The highest BCUT2D eigenvalue weighted by molar-refractivity contribution is 5.94. The molecule has 0 aliphatic carbocycles. The number of unbranched alkanes of at least 4 members (excludes halogenated alkanes) is 1. The number of carboxylic acids is 1. The lowest BCUT2D eigenvalue weighted by Gasteiger charge is -2.04. The van der Waals surface area contributed by atoms with Crippen LogP contribution in [0.3, 0.4) is 0 Å². The second-order valence-corrected chi connectivity index (χ2v) is 4.59. The van der Waals surface area contributed by atoms with E-state index in [0.29, 0.717) is 5.56 Å². The van der Waals surface area contributed by atoms with Crippen LogP contribution in [-0.2, 0) is 13.0 Å². The summed E-state index contributed by atoms with van der Waals surface area (Å²) in [4.78, 5) is 11.0. The molecule has 0 unspecified atom stereocenters. The fourth-order valence-corrected chi connectivity index (χ4v) is 2.30. The Bertz CT molecular complexity index is 569. The summed E-state index contributed by atoms with van der Waals surface area (Å²) < 4.78 is 2.18. The van der Waals surface area contributed by atoms with E-state index >= 15 is 0 Å². The quantitative estimate of drug-likeness (QED) is 0.872. The maximum atomic E-state index is 11.0. The normalized spacial score (nSPS) is 11.0. The van der Waals surface area contributed by atoms with Crippen LogP contribution in [0.5, 0.6) is 0 Å². The Morgan fingerprint density at radius 2 is 2.11 bits per heavy atom. The lowest BCUT2D eigenvalue weighted by Crippen LogP contribution is -1.99. The molecule has 0 saturated carbocycles. The lowest BCUT2D eigenvalue weighted by atomic mass is 10.1. The molecular weight excluding hydrogens is 226 g/mol. The number of carbonyl (C=O) groups is 1. The molecular formula is C15H19NO2. The van der Waals surface area contributed by atoms with Gasteiger partial charge in [0, 0.05) is 23.6 Å². The van der Waals surface area contributed by atoms with Gasteiger partial charge in [0.2, 0.25) is 0 Å². The molecule has 1 N–H and O–H groups in total. The van der Waals surface area contributed by atoms with Gasteiger partial charge in [-0.25, -0.2) is 4.79 Å². The molecule has 3 nitrogen and oxygen atoms in total. The second kappa shape index (κ2) is 5.25. The topological polar surface area (TPSA) is 42.2 Å². The predicted octanol–water partition coefficient (Wildman–Crippen LogP) is 3.70. The van der Waals surface area contributed by atoms with Gasteiger partial charge in [-0.3, -0.25) is 0 Å². The molecule has 2 aromatic rings. The van der Waals surface area contributed by atoms with Gasteiger partial charge < -0.3 is 9.67 Å². The minimum absolute atomic E-state index is 0.362. The summed E-state index contributed by atoms with van der Waals surface area (Å²) in [5, 5.41) is 10.2. The molecule has 0 aliphatic heterocycles. The van der Waals surface area contributed by atoms with E-state index in [9.17, 15) is 4.79 Å². The highest BCUT2D eigenvalue weighted by Gasteiger charge is 2.10. The van der Waals surface area contributed by atoms with Crippen LogP contribution >= 0.6 is 0 Å². The number of aromatic nitrogens is 1. The molecule has 0 radical (unpaired) electrons. The molecule has 96 valence electrons. The van der Waals surface area contributed by atoms with Crippen LogP contribution in [0.4, 0.5) is 0 Å². The Labute approximate surface area is 107 Å². The second-order valence-electron chi connectivity index (χ2n) is 4.59. The minimum atomic E-state index is -0.863. The van der Waals surface area contributed by atoms with Crippen LogP contribution in [0.15, 0.2) is 24.4 Å². The molecule has 0 saturated heterocycles. The van der Waals surface area contributed by atoms with Gasteiger partial charge in [-0.2, -0.15) is 0 Å². The first-order chi connectivity index (χ1) is 8.67. The van der Waals surface area contributed by atoms with Crippen molar-refractivity contribution >= 4 is 16.9 Å². The number of carboxylic acid groups (broad SMARTS) is 1. The van der Waals surface area contributed by atoms with Gasteiger partial charge >= 0.3 is 5.97 Å². The van der Waals surface area contributed by atoms with Crippen molar-refractivity contribution in [3.05, 3.63) is 35.5 Å². The number of hydrogen-bond acceptors (Lipinski definition) is 1. The zero-order chi connectivity index (χ0) is 13.1. The molecule has 0 atom stereocenters. The van der Waals surface area contributed by atoms with Crippen LogP contribution in [0.2, 0.25) is 0 Å². The number of aryl methyl sites for hydroxylation is 2. The van der Waals surface area contributed by atoms with Gasteiger partial charge in [-0.05, 0) is 30.5 Å². The highest BCUT2D eigenvalue weighted by Crippen LogP contribution is 2.24. The summed E-state index contributed by atoms with van der Waals surface area (Å²) >= 11 is 0. The number of hydrogen-bond donors (Lipinski definition) is 1. The third kappa shape index (κ3) is 2.26. The summed E-state index contributed by atoms with van der Waals surface area (Å²) in [6, 6.07) is 5.40. The number of fused-ring (bicyclic) bond motifs is 1. The molecule has 0 amide bonds. The van der Waals surface area contributed by atoms with E-state index in [1.165, 1.54) is 10.9 Å². The van der Waals surface area contributed by atoms with Gasteiger partial charge in [0.05, 0.1) is 5.56 Å². The van der Waals surface area contributed by atoms with Gasteiger partial charge in [-0.1, -0.05) is 26.3 Å². The summed E-state index contributed by atoms with van der Waals surface area (Å²) in [7, 11) is 0. The van der Waals surface area contributed by atoms with Crippen molar-refractivity contribution in [2.45, 2.75) is 39.7 Å². The predicted molar refractivity (Wildman–Crippen MR) is 73.2 cm³/mol. The van der Waals surface area contributed by atoms with Crippen molar-refractivity contribution in [1.82, 2.24) is 4.57 Å². The summed E-state index contributed by atoms with van der Waals surface area (Å²) in [6.45, 7) is 5.25. The number of rotatable bonds is 5. The molecule has 1 aromatic carbocycles. The Hall–Kier alpha value is -1.77. The van der Waals surface area contributed by atoms with Crippen molar-refractivity contribution in [3.8, 4) is 0 Å². The molecule has 2 rings (SSSR count). The molecule has 1 heterocycles. The van der Waals surface area contributed by atoms with Crippen molar-refractivity contribution in [1.29, 1.82) is 0 Å². The summed E-state index contributed by atoms with van der Waals surface area (Å²) in [5.74, 6) is -0.863. The van der Waals surface area contributed by atoms with E-state index in [1.807, 2.05) is 6.07 Å². The zero-order valence-electron chi connectivity index (χ0n) is 10.9. The third-order valence-corrected chi connectivity index (χ3v) is 3.35. The monoisotopic (exact) mass is 245 g/mol. The molecule has 3 heteroatoms. The Balaban J connectivity index is 2.54. The van der Waals surface area contributed by atoms with Crippen molar-refractivity contribution in [2.24, 2.45) is 0 Å². The van der Waals surface area contributed by atoms with Gasteiger partial charge in [0.25, 0.3) is 0 Å². The standard InChI is InChI=1S/C15H19NO2/c1-3-5-8-16-10-11(4-2)13-7-6-12(15(17)18)9-14(13)16/h6-7,9-10H,3-5,8H2,1-2H3,(H,17,18). The van der Waals surface area contributed by atoms with E-state index in [1.54, 1.807) is 12.1 Å². The first-order valence-electron chi connectivity index (χ1n) is 6.52. The van der Waals surface area contributed by atoms with E-state index in [-0.39, 0.29) is 0 Å². The third-order valence-electron chi connectivity index (χ3n) is 3.35. The first kappa shape index (κ1) is 12.7. The lowest BCUT2D eigenvalue weighted by molar-refractivity contribution is 0.0697. The maximum Gasteiger partial charge on any atom is 0.335 e. The van der Waals surface area contributed by atoms with Crippen molar-refractivity contribution in [2.75, 3.05) is 0 Å². The van der Waals surface area contributed by atoms with E-state index in [4.69, 9.17) is 5.11 Å². The van der Waals surface area contributed by atoms with Crippen molar-refractivity contribution in [3.63, 3.8) is 0 Å². The van der Waals surface area contributed by atoms with Crippen LogP contribution in [0.1, 0.15) is 42.6 Å². The fraction of sp³-hybridized carbons (Fsp3) is 0.400. The van der Waals surface area contributed by atoms with Crippen LogP contribution in [0.25, 0.3) is 10.9 Å². The summed E-state index contributed by atoms with van der Waals surface area (Å²) in [6.07, 6.45) is 5.39. The average molecular weight is 245 g/mol. The van der Waals surface area contributed by atoms with E-state index in [0.717, 1.165) is 31.3 Å². The van der Waals surface area contributed by atoms with E-state index in [2.05, 4.69) is 24.6 Å². The van der Waals surface area contributed by atoms with Gasteiger partial charge in [-0.15, -0.1) is 0 Å². The smallest absolute Gasteiger partial charge is 0.335 e. The molecule has 1 aromatic heterocycles. The van der Waals surface area contributed by atoms with Gasteiger partial charge in [0.15, 0.2) is 0 Å². The Morgan fingerprint density at radius 3 is 2.72 bits per heavy atom. The number of nitrogens with zero attached hydrogens (tertiary/aromatic N) is 1.